The molecule has 2 aromatic rings. The van der Waals surface area contributed by atoms with Crippen LogP contribution in [0.1, 0.15) is 49.4 Å². The van der Waals surface area contributed by atoms with Gasteiger partial charge in [-0.2, -0.15) is 0 Å². The number of carbonyl (C=O) groups excluding carboxylic acids is 2. The highest BCUT2D eigenvalue weighted by Gasteiger charge is 2.28. The highest BCUT2D eigenvalue weighted by atomic mass is 32.2. The zero-order valence-electron chi connectivity index (χ0n) is 19.5. The molecule has 2 amide bonds. The van der Waals surface area contributed by atoms with Gasteiger partial charge in [-0.3, -0.25) is 9.59 Å². The molecule has 0 aromatic heterocycles. The van der Waals surface area contributed by atoms with Crippen LogP contribution in [0.15, 0.2) is 48.5 Å². The largest absolute Gasteiger partial charge is 0.354 e. The zero-order valence-corrected chi connectivity index (χ0v) is 20.3. The number of aryl methyl sites for hydroxylation is 2. The summed E-state index contributed by atoms with van der Waals surface area (Å²) in [4.78, 5) is 28.0. The predicted octanol–water partition coefficient (Wildman–Crippen LogP) is 5.12. The highest BCUT2D eigenvalue weighted by Crippen LogP contribution is 2.19. The molecule has 2 aromatic carbocycles. The van der Waals surface area contributed by atoms with Gasteiger partial charge in [-0.25, -0.2) is 0 Å². The first kappa shape index (κ1) is 25.0. The maximum atomic E-state index is 13.3. The van der Waals surface area contributed by atoms with Gasteiger partial charge in [0.2, 0.25) is 11.8 Å². The fourth-order valence-corrected chi connectivity index (χ4v) is 4.21. The Morgan fingerprint density at radius 1 is 1.03 bits per heavy atom. The Balaban J connectivity index is 2.12. The van der Waals surface area contributed by atoms with Crippen molar-refractivity contribution in [2.24, 2.45) is 5.92 Å². The van der Waals surface area contributed by atoms with Crippen LogP contribution in [-0.2, 0) is 21.9 Å². The van der Waals surface area contributed by atoms with E-state index in [2.05, 4.69) is 50.4 Å². The number of rotatable bonds is 11. The Morgan fingerprint density at radius 2 is 1.71 bits per heavy atom. The molecule has 0 heterocycles. The van der Waals surface area contributed by atoms with Crippen molar-refractivity contribution in [1.29, 1.82) is 0 Å². The molecule has 5 heteroatoms. The zero-order chi connectivity index (χ0) is 22.8. The van der Waals surface area contributed by atoms with Crippen LogP contribution in [0.2, 0.25) is 0 Å². The molecule has 0 unspecified atom stereocenters. The first-order valence-corrected chi connectivity index (χ1v) is 12.2. The number of benzene rings is 2. The quantitative estimate of drug-likeness (QED) is 0.528. The molecule has 0 spiro atoms. The molecule has 2 rings (SSSR count). The van der Waals surface area contributed by atoms with E-state index >= 15 is 0 Å². The van der Waals surface area contributed by atoms with E-state index < -0.39 is 6.04 Å². The van der Waals surface area contributed by atoms with E-state index in [9.17, 15) is 9.59 Å². The standard InChI is InChI=1S/C26H36N2O2S/c1-6-24(26(30)27-15-19(2)3)28(16-23-10-8-7-9-21(23)5)25(29)18-31-17-22-13-11-20(4)12-14-22/h7-14,19,24H,6,15-18H2,1-5H3,(H,27,30)/t24-/m1/s1. The Bertz CT molecular complexity index is 849. The molecule has 0 aliphatic carbocycles. The number of hydrogen-bond donors (Lipinski definition) is 1. The Morgan fingerprint density at radius 3 is 2.32 bits per heavy atom. The van der Waals surface area contributed by atoms with Gasteiger partial charge in [-0.1, -0.05) is 74.9 Å². The summed E-state index contributed by atoms with van der Waals surface area (Å²) in [7, 11) is 0. The average molecular weight is 441 g/mol. The molecule has 1 atom stereocenters. The Kier molecular flexibility index (Phi) is 10.1. The molecule has 0 aliphatic heterocycles. The van der Waals surface area contributed by atoms with Crippen LogP contribution >= 0.6 is 11.8 Å². The topological polar surface area (TPSA) is 49.4 Å². The van der Waals surface area contributed by atoms with Gasteiger partial charge < -0.3 is 10.2 Å². The van der Waals surface area contributed by atoms with E-state index in [1.54, 1.807) is 16.7 Å². The van der Waals surface area contributed by atoms with Crippen molar-refractivity contribution < 1.29 is 9.59 Å². The van der Waals surface area contributed by atoms with Crippen molar-refractivity contribution >= 4 is 23.6 Å². The highest BCUT2D eigenvalue weighted by molar-refractivity contribution is 7.99. The summed E-state index contributed by atoms with van der Waals surface area (Å²) < 4.78 is 0. The lowest BCUT2D eigenvalue weighted by Gasteiger charge is -2.31. The summed E-state index contributed by atoms with van der Waals surface area (Å²) in [5.74, 6) is 1.44. The van der Waals surface area contributed by atoms with E-state index in [4.69, 9.17) is 0 Å². The maximum Gasteiger partial charge on any atom is 0.242 e. The van der Waals surface area contributed by atoms with Crippen LogP contribution < -0.4 is 5.32 Å². The van der Waals surface area contributed by atoms with Gasteiger partial charge in [-0.05, 0) is 42.9 Å². The molecular formula is C26H36N2O2S. The minimum Gasteiger partial charge on any atom is -0.354 e. The van der Waals surface area contributed by atoms with Crippen molar-refractivity contribution in [2.75, 3.05) is 12.3 Å². The minimum absolute atomic E-state index is 0.00640. The van der Waals surface area contributed by atoms with Crippen molar-refractivity contribution in [2.45, 2.75) is 59.4 Å². The lowest BCUT2D eigenvalue weighted by Crippen LogP contribution is -2.50. The third-order valence-electron chi connectivity index (χ3n) is 5.29. The van der Waals surface area contributed by atoms with Crippen LogP contribution in [0.3, 0.4) is 0 Å². The molecule has 0 aliphatic rings. The third kappa shape index (κ3) is 8.06. The minimum atomic E-state index is -0.467. The van der Waals surface area contributed by atoms with Gasteiger partial charge in [0.05, 0.1) is 5.75 Å². The third-order valence-corrected chi connectivity index (χ3v) is 6.28. The van der Waals surface area contributed by atoms with Gasteiger partial charge in [-0.15, -0.1) is 11.8 Å². The van der Waals surface area contributed by atoms with Gasteiger partial charge in [0.1, 0.15) is 6.04 Å². The van der Waals surface area contributed by atoms with Crippen molar-refractivity contribution in [3.8, 4) is 0 Å². The molecule has 0 bridgehead atoms. The molecule has 0 radical (unpaired) electrons. The molecule has 31 heavy (non-hydrogen) atoms. The predicted molar refractivity (Wildman–Crippen MR) is 131 cm³/mol. The summed E-state index contributed by atoms with van der Waals surface area (Å²) in [6.07, 6.45) is 0.587. The van der Waals surface area contributed by atoms with Gasteiger partial charge in [0.25, 0.3) is 0 Å². The number of carbonyl (C=O) groups is 2. The summed E-state index contributed by atoms with van der Waals surface area (Å²) in [6.45, 7) is 11.3. The SMILES string of the molecule is CC[C@H](C(=O)NCC(C)C)N(Cc1ccccc1C)C(=O)CSCc1ccc(C)cc1. The van der Waals surface area contributed by atoms with E-state index in [1.165, 1.54) is 11.1 Å². The number of hydrogen-bond acceptors (Lipinski definition) is 3. The smallest absolute Gasteiger partial charge is 0.242 e. The molecule has 168 valence electrons. The lowest BCUT2D eigenvalue weighted by molar-refractivity contribution is -0.139. The normalized spacial score (nSPS) is 11.9. The molecule has 0 fully saturated rings. The Labute approximate surface area is 191 Å². The van der Waals surface area contributed by atoms with Crippen LogP contribution in [0.25, 0.3) is 0 Å². The fourth-order valence-electron chi connectivity index (χ4n) is 3.34. The number of amides is 2. The average Bonchev–Trinajstić information content (AvgIpc) is 2.74. The number of nitrogens with zero attached hydrogens (tertiary/aromatic N) is 1. The van der Waals surface area contributed by atoms with Crippen molar-refractivity contribution in [3.63, 3.8) is 0 Å². The van der Waals surface area contributed by atoms with E-state index in [0.717, 1.165) is 16.9 Å². The van der Waals surface area contributed by atoms with Gasteiger partial charge in [0, 0.05) is 18.8 Å². The fraction of sp³-hybridized carbons (Fsp3) is 0.462. The van der Waals surface area contributed by atoms with E-state index in [1.807, 2.05) is 38.1 Å². The summed E-state index contributed by atoms with van der Waals surface area (Å²) in [5, 5.41) is 3.02. The van der Waals surface area contributed by atoms with Crippen LogP contribution in [-0.4, -0.2) is 35.1 Å². The van der Waals surface area contributed by atoms with Gasteiger partial charge in [0.15, 0.2) is 0 Å². The molecular weight excluding hydrogens is 404 g/mol. The summed E-state index contributed by atoms with van der Waals surface area (Å²) >= 11 is 1.60. The molecule has 4 nitrogen and oxygen atoms in total. The van der Waals surface area contributed by atoms with Crippen molar-refractivity contribution in [1.82, 2.24) is 10.2 Å². The molecule has 1 N–H and O–H groups in total. The van der Waals surface area contributed by atoms with E-state index in [0.29, 0.717) is 31.2 Å². The second-order valence-corrected chi connectivity index (χ2v) is 9.48. The summed E-state index contributed by atoms with van der Waals surface area (Å²) in [6, 6.07) is 16.0. The second kappa shape index (κ2) is 12.6. The first-order chi connectivity index (χ1) is 14.8. The lowest BCUT2D eigenvalue weighted by atomic mass is 10.1. The molecule has 0 saturated heterocycles. The number of thioether (sulfide) groups is 1. The van der Waals surface area contributed by atoms with Crippen LogP contribution in [0.5, 0.6) is 0 Å². The van der Waals surface area contributed by atoms with Crippen LogP contribution in [0.4, 0.5) is 0 Å². The maximum absolute atomic E-state index is 13.3. The van der Waals surface area contributed by atoms with Crippen LogP contribution in [0, 0.1) is 19.8 Å². The monoisotopic (exact) mass is 440 g/mol. The number of nitrogens with one attached hydrogen (secondary N) is 1. The van der Waals surface area contributed by atoms with Crippen molar-refractivity contribution in [3.05, 3.63) is 70.8 Å². The second-order valence-electron chi connectivity index (χ2n) is 8.49. The Hall–Kier alpha value is -2.27. The molecule has 0 saturated carbocycles. The van der Waals surface area contributed by atoms with E-state index in [-0.39, 0.29) is 11.8 Å². The van der Waals surface area contributed by atoms with Gasteiger partial charge >= 0.3 is 0 Å². The summed E-state index contributed by atoms with van der Waals surface area (Å²) in [5.41, 5.74) is 4.64. The first-order valence-electron chi connectivity index (χ1n) is 11.1.